The zero-order chi connectivity index (χ0) is 40.5. The predicted octanol–water partition coefficient (Wildman–Crippen LogP) is 5.25. The van der Waals surface area contributed by atoms with Crippen molar-refractivity contribution in [2.75, 3.05) is 36.2 Å². The van der Waals surface area contributed by atoms with Crippen LogP contribution in [0.15, 0.2) is 66.9 Å². The zero-order valence-corrected chi connectivity index (χ0v) is 34.8. The minimum Gasteiger partial charge on any atom is -0.494 e. The quantitative estimate of drug-likeness (QED) is 0.0869. The van der Waals surface area contributed by atoms with Gasteiger partial charge in [-0.1, -0.05) is 35.9 Å². The molecule has 1 fully saturated rings. The van der Waals surface area contributed by atoms with Crippen LogP contribution in [0.4, 0.5) is 17.1 Å². The monoisotopic (exact) mass is 816 g/mol. The van der Waals surface area contributed by atoms with Gasteiger partial charge >= 0.3 is 0 Å². The molecule has 4 N–H and O–H groups in total. The largest absolute Gasteiger partial charge is 0.494 e. The second kappa shape index (κ2) is 17.0. The summed E-state index contributed by atoms with van der Waals surface area (Å²) in [6, 6.07) is 18.6. The van der Waals surface area contributed by atoms with Crippen LogP contribution in [0.25, 0.3) is 0 Å². The number of amides is 2. The van der Waals surface area contributed by atoms with Crippen LogP contribution in [0.2, 0.25) is 23.7 Å². The van der Waals surface area contributed by atoms with E-state index in [2.05, 4.69) is 15.6 Å². The number of aliphatic hydroxyl groups excluding tert-OH is 2. The molecule has 3 aliphatic heterocycles. The average Bonchev–Trinajstić information content (AvgIpc) is 3.83. The van der Waals surface area contributed by atoms with Gasteiger partial charge in [0.2, 0.25) is 5.91 Å². The molecule has 13 nitrogen and oxygen atoms in total. The molecule has 304 valence electrons. The lowest BCUT2D eigenvalue weighted by Gasteiger charge is -2.35. The number of ether oxygens (including phenoxy) is 2. The maximum absolute atomic E-state index is 15.0. The highest BCUT2D eigenvalue weighted by Gasteiger charge is 2.66. The fraction of sp³-hybridized carbons (Fsp3) is 0.476. The van der Waals surface area contributed by atoms with Gasteiger partial charge in [0.1, 0.15) is 5.75 Å². The number of anilines is 3. The number of carbonyl (C=O) groups is 2. The van der Waals surface area contributed by atoms with E-state index in [1.54, 1.807) is 26.7 Å². The molecular formula is C42H53ClN6O7Si. The van der Waals surface area contributed by atoms with Crippen LogP contribution in [0.5, 0.6) is 5.75 Å². The summed E-state index contributed by atoms with van der Waals surface area (Å²) in [4.78, 5) is 44.2. The van der Waals surface area contributed by atoms with Gasteiger partial charge in [-0.25, -0.2) is 0 Å². The molecule has 57 heavy (non-hydrogen) atoms. The number of aromatic nitrogens is 3. The van der Waals surface area contributed by atoms with Crippen molar-refractivity contribution >= 4 is 48.8 Å². The van der Waals surface area contributed by atoms with Gasteiger partial charge in [-0.3, -0.25) is 19.2 Å². The summed E-state index contributed by atoms with van der Waals surface area (Å²) in [6.07, 6.45) is 4.22. The minimum atomic E-state index is -2.89. The highest BCUT2D eigenvalue weighted by molar-refractivity contribution is 6.71. The number of nitrogens with zero attached hydrogens (tertiary/aromatic N) is 5. The van der Waals surface area contributed by atoms with Gasteiger partial charge in [0.25, 0.3) is 5.91 Å². The molecule has 0 radical (unpaired) electrons. The third kappa shape index (κ3) is 8.01. The van der Waals surface area contributed by atoms with Crippen LogP contribution in [0.3, 0.4) is 0 Å². The van der Waals surface area contributed by atoms with Crippen LogP contribution >= 0.6 is 11.6 Å². The molecule has 0 aliphatic carbocycles. The number of benzene rings is 3. The van der Waals surface area contributed by atoms with E-state index in [0.717, 1.165) is 29.0 Å². The minimum absolute atomic E-state index is 0.0181. The Labute approximate surface area is 339 Å². The lowest BCUT2D eigenvalue weighted by atomic mass is 9.82. The van der Waals surface area contributed by atoms with Crippen molar-refractivity contribution in [1.82, 2.24) is 20.3 Å². The highest BCUT2D eigenvalue weighted by Crippen LogP contribution is 2.60. The number of aliphatic hydroxyl groups is 2. The number of carbonyl (C=O) groups excluding carboxylic acids is 2. The molecule has 3 aromatic carbocycles. The number of nitrogens with one attached hydrogen (secondary N) is 1. The SMILES string of the molecule is CCOc1ccc2c(c1)CC(NCCCCO)C(=O)N2c1ccc(CN2C(=O)[C@@]3(O[C@@H](CCn4cc(CCO)nn4)[C@H]([Si](C)(C)O)[C@H]3C)c3cc(Cl)ccc32)cc1. The van der Waals surface area contributed by atoms with Crippen LogP contribution in [0, 0.1) is 5.92 Å². The normalized spacial score (nSPS) is 23.1. The molecule has 4 heterocycles. The first-order chi connectivity index (χ1) is 27.4. The molecular weight excluding hydrogens is 764 g/mol. The molecule has 1 saturated heterocycles. The summed E-state index contributed by atoms with van der Waals surface area (Å²) < 4.78 is 14.5. The third-order valence-electron chi connectivity index (χ3n) is 11.6. The van der Waals surface area contributed by atoms with Gasteiger partial charge in [-0.15, -0.1) is 5.10 Å². The fourth-order valence-corrected chi connectivity index (χ4v) is 11.8. The summed E-state index contributed by atoms with van der Waals surface area (Å²) in [7, 11) is -2.89. The van der Waals surface area contributed by atoms with Crippen LogP contribution < -0.4 is 19.9 Å². The number of hydrogen-bond donors (Lipinski definition) is 4. The Bertz CT molecular complexity index is 2080. The second-order valence-electron chi connectivity index (χ2n) is 15.9. The molecule has 5 atom stereocenters. The van der Waals surface area contributed by atoms with Gasteiger partial charge in [0, 0.05) is 60.1 Å². The predicted molar refractivity (Wildman–Crippen MR) is 220 cm³/mol. The van der Waals surface area contributed by atoms with E-state index in [4.69, 9.17) is 21.1 Å². The number of fused-ring (bicyclic) bond motifs is 3. The van der Waals surface area contributed by atoms with Crippen molar-refractivity contribution in [2.24, 2.45) is 5.92 Å². The maximum Gasteiger partial charge on any atom is 0.264 e. The first kappa shape index (κ1) is 41.0. The van der Waals surface area contributed by atoms with Gasteiger partial charge in [-0.2, -0.15) is 0 Å². The first-order valence-electron chi connectivity index (χ1n) is 19.9. The Morgan fingerprint density at radius 3 is 2.53 bits per heavy atom. The van der Waals surface area contributed by atoms with Gasteiger partial charge in [-0.05, 0) is 112 Å². The van der Waals surface area contributed by atoms with Gasteiger partial charge < -0.3 is 34.7 Å². The summed E-state index contributed by atoms with van der Waals surface area (Å²) in [5, 5.41) is 30.8. The number of rotatable bonds is 16. The van der Waals surface area contributed by atoms with E-state index in [1.807, 2.05) is 81.5 Å². The van der Waals surface area contributed by atoms with Crippen molar-refractivity contribution in [3.8, 4) is 5.75 Å². The summed E-state index contributed by atoms with van der Waals surface area (Å²) >= 11 is 6.62. The van der Waals surface area contributed by atoms with Crippen LogP contribution in [0.1, 0.15) is 55.5 Å². The van der Waals surface area contributed by atoms with E-state index < -0.39 is 26.1 Å². The van der Waals surface area contributed by atoms with E-state index >= 15 is 0 Å². The number of hydrogen-bond acceptors (Lipinski definition) is 10. The molecule has 0 bridgehead atoms. The number of aryl methyl sites for hydroxylation is 1. The molecule has 1 unspecified atom stereocenters. The first-order valence-corrected chi connectivity index (χ1v) is 23.3. The third-order valence-corrected chi connectivity index (χ3v) is 14.3. The van der Waals surface area contributed by atoms with Crippen LogP contribution in [-0.2, 0) is 45.9 Å². The number of unbranched alkanes of at least 4 members (excludes halogenated alkanes) is 1. The maximum atomic E-state index is 15.0. The summed E-state index contributed by atoms with van der Waals surface area (Å²) in [6.45, 7) is 9.70. The van der Waals surface area contributed by atoms with Crippen molar-refractivity contribution in [2.45, 2.75) is 95.4 Å². The van der Waals surface area contributed by atoms with Crippen molar-refractivity contribution in [1.29, 1.82) is 0 Å². The van der Waals surface area contributed by atoms with Crippen molar-refractivity contribution in [3.05, 3.63) is 94.3 Å². The molecule has 4 aromatic rings. The van der Waals surface area contributed by atoms with Crippen molar-refractivity contribution in [3.63, 3.8) is 0 Å². The lowest BCUT2D eigenvalue weighted by Crippen LogP contribution is -2.49. The van der Waals surface area contributed by atoms with Crippen molar-refractivity contribution < 1.29 is 34.1 Å². The molecule has 15 heteroatoms. The Balaban J connectivity index is 1.16. The molecule has 1 spiro atoms. The topological polar surface area (TPSA) is 163 Å². The lowest BCUT2D eigenvalue weighted by molar-refractivity contribution is -0.146. The number of halogens is 1. The molecule has 1 aromatic heterocycles. The highest BCUT2D eigenvalue weighted by atomic mass is 35.5. The average molecular weight is 817 g/mol. The van der Waals surface area contributed by atoms with Gasteiger partial charge in [0.15, 0.2) is 13.9 Å². The zero-order valence-electron chi connectivity index (χ0n) is 33.0. The Kier molecular flexibility index (Phi) is 12.2. The van der Waals surface area contributed by atoms with Gasteiger partial charge in [0.05, 0.1) is 42.4 Å². The summed E-state index contributed by atoms with van der Waals surface area (Å²) in [5.41, 5.74) is 3.84. The Morgan fingerprint density at radius 1 is 1.04 bits per heavy atom. The second-order valence-corrected chi connectivity index (χ2v) is 20.3. The van der Waals surface area contributed by atoms with Crippen LogP contribution in [-0.4, -0.2) is 88.6 Å². The fourth-order valence-electron chi connectivity index (χ4n) is 9.07. The molecule has 7 rings (SSSR count). The standard InChI is InChI=1S/C42H53ClN6O7Si/c1-5-55-33-13-15-36-29(22-33)23-35(44-18-6-7-20-50)40(52)49(36)32-11-8-28(9-12-32)25-48-37-14-10-30(43)24-34(37)42(41(48)53)27(2)39(57(3,4)54)38(56-42)16-19-47-26-31(17-21-51)45-46-47/h8-15,22,24,26-27,35,38-39,44,50-51,54H,5-7,16-21,23,25H2,1-4H3/t27-,35?,38+,39-,42+/m1/s1. The van der Waals surface area contributed by atoms with E-state index in [1.165, 1.54) is 0 Å². The Hall–Kier alpha value is -4.15. The summed E-state index contributed by atoms with van der Waals surface area (Å²) in [5.74, 6) is 0.131. The molecule has 0 saturated carbocycles. The van der Waals surface area contributed by atoms with E-state index in [9.17, 15) is 24.6 Å². The Morgan fingerprint density at radius 2 is 1.81 bits per heavy atom. The molecule has 3 aliphatic rings. The van der Waals surface area contributed by atoms with E-state index in [0.29, 0.717) is 73.0 Å². The molecule has 2 amide bonds. The smallest absolute Gasteiger partial charge is 0.264 e. The van der Waals surface area contributed by atoms with E-state index in [-0.39, 0.29) is 43.0 Å².